The number of imidazole rings is 1. The van der Waals surface area contributed by atoms with E-state index >= 15 is 0 Å². The fraction of sp³-hybridized carbons (Fsp3) is 0.214. The van der Waals surface area contributed by atoms with Crippen LogP contribution in [0.25, 0.3) is 33.3 Å². The number of carbonyl (C=O) groups is 1. The first-order valence-corrected chi connectivity index (χ1v) is 13.8. The summed E-state index contributed by atoms with van der Waals surface area (Å²) in [5, 5.41) is 13.2. The van der Waals surface area contributed by atoms with Gasteiger partial charge in [-0.2, -0.15) is 0 Å². The van der Waals surface area contributed by atoms with Crippen molar-refractivity contribution < 1.29 is 27.8 Å². The van der Waals surface area contributed by atoms with Crippen molar-refractivity contribution in [2.24, 2.45) is 0 Å². The lowest BCUT2D eigenvalue weighted by atomic mass is 9.89. The van der Waals surface area contributed by atoms with E-state index in [0.29, 0.717) is 64.3 Å². The molecule has 0 saturated carbocycles. The lowest BCUT2D eigenvalue weighted by molar-refractivity contribution is -0.274. The zero-order chi connectivity index (χ0) is 28.7. The van der Waals surface area contributed by atoms with Crippen LogP contribution in [0.1, 0.15) is 34.7 Å². The van der Waals surface area contributed by atoms with Crippen LogP contribution in [0.4, 0.5) is 13.2 Å². The number of rotatable bonds is 5. The Morgan fingerprint density at radius 3 is 2.59 bits per heavy atom. The Morgan fingerprint density at radius 1 is 1.10 bits per heavy atom. The van der Waals surface area contributed by atoms with Gasteiger partial charge in [-0.15, -0.1) is 24.5 Å². The highest BCUT2D eigenvalue weighted by Gasteiger charge is 2.31. The third kappa shape index (κ3) is 5.70. The maximum absolute atomic E-state index is 13.0. The van der Waals surface area contributed by atoms with Crippen molar-refractivity contribution in [2.75, 3.05) is 13.1 Å². The fourth-order valence-corrected chi connectivity index (χ4v) is 5.95. The molecule has 1 fully saturated rings. The third-order valence-electron chi connectivity index (χ3n) is 6.92. The lowest BCUT2D eigenvalue weighted by Crippen LogP contribution is -2.38. The largest absolute Gasteiger partial charge is 0.573 e. The molecule has 2 N–H and O–H groups in total. The van der Waals surface area contributed by atoms with Crippen LogP contribution in [-0.4, -0.2) is 55.3 Å². The number of fused-ring (bicyclic) bond motifs is 1. The Kier molecular flexibility index (Phi) is 7.04. The molecule has 210 valence electrons. The van der Waals surface area contributed by atoms with Gasteiger partial charge in [0.05, 0.1) is 11.1 Å². The number of carbonyl (C=O) groups excluding carboxylic acids is 1. The van der Waals surface area contributed by atoms with Crippen molar-refractivity contribution in [3.05, 3.63) is 76.3 Å². The number of aromatic hydroxyl groups is 1. The van der Waals surface area contributed by atoms with Gasteiger partial charge in [0.1, 0.15) is 22.2 Å². The van der Waals surface area contributed by atoms with Gasteiger partial charge >= 0.3 is 6.36 Å². The lowest BCUT2D eigenvalue weighted by Gasteiger charge is -2.32. The zero-order valence-electron chi connectivity index (χ0n) is 21.2. The van der Waals surface area contributed by atoms with Gasteiger partial charge in [-0.05, 0) is 72.9 Å². The molecule has 0 aliphatic carbocycles. The van der Waals surface area contributed by atoms with Gasteiger partial charge in [0, 0.05) is 35.3 Å². The van der Waals surface area contributed by atoms with Crippen molar-refractivity contribution in [2.45, 2.75) is 25.1 Å². The van der Waals surface area contributed by atoms with E-state index in [1.165, 1.54) is 29.5 Å². The van der Waals surface area contributed by atoms with E-state index in [-0.39, 0.29) is 23.3 Å². The number of aromatic nitrogens is 4. The van der Waals surface area contributed by atoms with Crippen molar-refractivity contribution in [1.82, 2.24) is 24.8 Å². The Balaban J connectivity index is 1.16. The predicted molar refractivity (Wildman–Crippen MR) is 148 cm³/mol. The summed E-state index contributed by atoms with van der Waals surface area (Å²) in [6.45, 7) is 0.987. The summed E-state index contributed by atoms with van der Waals surface area (Å²) in [4.78, 5) is 31.7. The second-order valence-corrected chi connectivity index (χ2v) is 10.8. The van der Waals surface area contributed by atoms with E-state index in [1.807, 2.05) is 11.4 Å². The fourth-order valence-electron chi connectivity index (χ4n) is 4.95. The maximum atomic E-state index is 13.0. The molecule has 5 aromatic rings. The molecule has 1 aliphatic rings. The summed E-state index contributed by atoms with van der Waals surface area (Å²) < 4.78 is 41.1. The van der Waals surface area contributed by atoms with Gasteiger partial charge in [-0.1, -0.05) is 11.6 Å². The average molecular weight is 600 g/mol. The quantitative estimate of drug-likeness (QED) is 0.225. The topological polar surface area (TPSA) is 104 Å². The number of amides is 1. The molecule has 8 nitrogen and oxygen atoms in total. The summed E-state index contributed by atoms with van der Waals surface area (Å²) in [6, 6.07) is 11.7. The molecule has 0 atom stereocenters. The van der Waals surface area contributed by atoms with E-state index in [2.05, 4.69) is 24.7 Å². The summed E-state index contributed by atoms with van der Waals surface area (Å²) in [5.41, 5.74) is 3.84. The van der Waals surface area contributed by atoms with Crippen LogP contribution in [0.2, 0.25) is 5.02 Å². The molecule has 1 aliphatic heterocycles. The number of phenols is 1. The number of likely N-dealkylation sites (tertiary alicyclic amines) is 1. The molecule has 3 aromatic heterocycles. The molecule has 2 aromatic carbocycles. The standard InChI is InChI=1S/C28H21ClF3N5O3S/c29-17-3-6-22(38)20(13-17)26-34-21(14-41-26)24-35-23-19(7-10-33-25(23)36-24)15-8-11-37(12-9-15)27(39)16-1-4-18(5-2-16)40-28(30,31)32/h1-7,10,13-15,38H,8-9,11-12H2,(H,33,35,36). The molecule has 13 heteroatoms. The number of aromatic amines is 1. The smallest absolute Gasteiger partial charge is 0.507 e. The molecule has 4 heterocycles. The van der Waals surface area contributed by atoms with Gasteiger partial charge < -0.3 is 19.7 Å². The van der Waals surface area contributed by atoms with E-state index in [0.717, 1.165) is 23.2 Å². The molecular weight excluding hydrogens is 579 g/mol. The van der Waals surface area contributed by atoms with Crippen LogP contribution in [0, 0.1) is 0 Å². The number of ether oxygens (including phenoxy) is 1. The first-order chi connectivity index (χ1) is 19.6. The number of benzene rings is 2. The number of piperidine rings is 1. The predicted octanol–water partition coefficient (Wildman–Crippen LogP) is 7.03. The normalized spacial score (nSPS) is 14.5. The van der Waals surface area contributed by atoms with E-state index in [9.17, 15) is 23.1 Å². The summed E-state index contributed by atoms with van der Waals surface area (Å²) in [5.74, 6) is 0.172. The number of nitrogens with one attached hydrogen (secondary N) is 1. The van der Waals surface area contributed by atoms with Crippen LogP contribution in [0.5, 0.6) is 11.5 Å². The van der Waals surface area contributed by atoms with E-state index in [4.69, 9.17) is 11.6 Å². The number of hydrogen-bond acceptors (Lipinski definition) is 7. The molecule has 6 rings (SSSR count). The number of nitrogens with zero attached hydrogens (tertiary/aromatic N) is 4. The van der Waals surface area contributed by atoms with Gasteiger partial charge in [-0.25, -0.2) is 15.0 Å². The van der Waals surface area contributed by atoms with Crippen LogP contribution in [-0.2, 0) is 0 Å². The number of thiazole rings is 1. The highest BCUT2D eigenvalue weighted by atomic mass is 35.5. The van der Waals surface area contributed by atoms with Crippen molar-refractivity contribution in [3.63, 3.8) is 0 Å². The number of pyridine rings is 1. The molecule has 0 unspecified atom stereocenters. The summed E-state index contributed by atoms with van der Waals surface area (Å²) in [6.07, 6.45) is -1.68. The second-order valence-electron chi connectivity index (χ2n) is 9.52. The van der Waals surface area contributed by atoms with Gasteiger partial charge in [0.25, 0.3) is 5.91 Å². The minimum absolute atomic E-state index is 0.0844. The minimum atomic E-state index is -4.79. The Morgan fingerprint density at radius 2 is 1.85 bits per heavy atom. The highest BCUT2D eigenvalue weighted by Crippen LogP contribution is 2.37. The molecule has 0 radical (unpaired) electrons. The molecular formula is C28H21ClF3N5O3S. The molecule has 1 saturated heterocycles. The summed E-state index contributed by atoms with van der Waals surface area (Å²) >= 11 is 7.46. The number of hydrogen-bond donors (Lipinski definition) is 2. The van der Waals surface area contributed by atoms with Crippen LogP contribution < -0.4 is 4.74 Å². The Bertz CT molecular complexity index is 1730. The summed E-state index contributed by atoms with van der Waals surface area (Å²) in [7, 11) is 0. The SMILES string of the molecule is O=C(c1ccc(OC(F)(F)F)cc1)N1CCC(c2ccnc3nc(-c4csc(-c5cc(Cl)ccc5O)n4)[nH]c23)CC1. The molecule has 1 amide bonds. The number of phenolic OH excluding ortho intramolecular Hbond substituents is 1. The molecule has 41 heavy (non-hydrogen) atoms. The monoisotopic (exact) mass is 599 g/mol. The van der Waals surface area contributed by atoms with Crippen LogP contribution in [0.15, 0.2) is 60.1 Å². The Labute approximate surface area is 240 Å². The van der Waals surface area contributed by atoms with Gasteiger partial charge in [-0.3, -0.25) is 4.79 Å². The first-order valence-electron chi connectivity index (χ1n) is 12.6. The van der Waals surface area contributed by atoms with Crippen molar-refractivity contribution >= 4 is 40.0 Å². The maximum Gasteiger partial charge on any atom is 0.573 e. The zero-order valence-corrected chi connectivity index (χ0v) is 22.7. The van der Waals surface area contributed by atoms with Crippen molar-refractivity contribution in [1.29, 1.82) is 0 Å². The van der Waals surface area contributed by atoms with E-state index < -0.39 is 6.36 Å². The number of H-pyrrole nitrogens is 1. The third-order valence-corrected chi connectivity index (χ3v) is 8.03. The number of alkyl halides is 3. The van der Waals surface area contributed by atoms with Crippen LogP contribution >= 0.6 is 22.9 Å². The Hall–Kier alpha value is -4.16. The highest BCUT2D eigenvalue weighted by molar-refractivity contribution is 7.13. The van der Waals surface area contributed by atoms with Gasteiger partial charge in [0.2, 0.25) is 0 Å². The van der Waals surface area contributed by atoms with Gasteiger partial charge in [0.15, 0.2) is 11.5 Å². The second kappa shape index (κ2) is 10.7. The molecule has 0 spiro atoms. The van der Waals surface area contributed by atoms with E-state index in [1.54, 1.807) is 23.2 Å². The van der Waals surface area contributed by atoms with Crippen molar-refractivity contribution in [3.8, 4) is 33.6 Å². The molecule has 0 bridgehead atoms. The van der Waals surface area contributed by atoms with Crippen LogP contribution in [0.3, 0.4) is 0 Å². The average Bonchev–Trinajstić information content (AvgIpc) is 3.61. The number of halogens is 4. The minimum Gasteiger partial charge on any atom is -0.507 e. The first kappa shape index (κ1) is 27.0.